The van der Waals surface area contributed by atoms with Crippen molar-refractivity contribution in [2.45, 2.75) is 26.3 Å². The molecule has 0 aromatic heterocycles. The number of benzene rings is 2. The molecule has 1 unspecified atom stereocenters. The number of carbonyl (C=O) groups is 2. The Balaban J connectivity index is 2.15. The number of carboxylic acids is 1. The summed E-state index contributed by atoms with van der Waals surface area (Å²) in [7, 11) is 0. The molecule has 0 heterocycles. The van der Waals surface area contributed by atoms with Crippen LogP contribution in [0.25, 0.3) is 0 Å². The topological polar surface area (TPSA) is 84.9 Å². The Morgan fingerprint density at radius 1 is 1.00 bits per heavy atom. The van der Waals surface area contributed by atoms with E-state index in [1.165, 1.54) is 0 Å². The van der Waals surface area contributed by atoms with Crippen LogP contribution in [-0.2, 0) is 11.2 Å². The molecule has 6 nitrogen and oxygen atoms in total. The lowest BCUT2D eigenvalue weighted by Gasteiger charge is -2.16. The Labute approximate surface area is 152 Å². The molecule has 2 rings (SSSR count). The van der Waals surface area contributed by atoms with E-state index < -0.39 is 17.9 Å². The lowest BCUT2D eigenvalue weighted by molar-refractivity contribution is -0.139. The van der Waals surface area contributed by atoms with E-state index in [4.69, 9.17) is 9.47 Å². The summed E-state index contributed by atoms with van der Waals surface area (Å²) < 4.78 is 11.0. The lowest BCUT2D eigenvalue weighted by Crippen LogP contribution is -2.42. The van der Waals surface area contributed by atoms with Gasteiger partial charge in [0.25, 0.3) is 5.91 Å². The van der Waals surface area contributed by atoms with E-state index in [1.807, 2.05) is 44.2 Å². The molecule has 1 amide bonds. The molecule has 138 valence electrons. The predicted octanol–water partition coefficient (Wildman–Crippen LogP) is 2.91. The molecule has 0 saturated carbocycles. The van der Waals surface area contributed by atoms with Crippen LogP contribution in [0.4, 0.5) is 0 Å². The highest BCUT2D eigenvalue weighted by Gasteiger charge is 2.22. The van der Waals surface area contributed by atoms with Crippen LogP contribution in [0.3, 0.4) is 0 Å². The van der Waals surface area contributed by atoms with Crippen molar-refractivity contribution in [3.63, 3.8) is 0 Å². The number of ether oxygens (including phenoxy) is 2. The average molecular weight is 357 g/mol. The summed E-state index contributed by atoms with van der Waals surface area (Å²) in [4.78, 5) is 24.0. The number of aliphatic carboxylic acids is 1. The molecule has 0 aliphatic rings. The number of nitrogens with one attached hydrogen (secondary N) is 1. The maximum atomic E-state index is 12.5. The number of amides is 1. The first-order valence-electron chi connectivity index (χ1n) is 8.52. The summed E-state index contributed by atoms with van der Waals surface area (Å²) in [5.74, 6) is -0.558. The summed E-state index contributed by atoms with van der Waals surface area (Å²) in [5.41, 5.74) is 1.15. The highest BCUT2D eigenvalue weighted by atomic mass is 16.5. The van der Waals surface area contributed by atoms with Gasteiger partial charge >= 0.3 is 5.97 Å². The van der Waals surface area contributed by atoms with Crippen molar-refractivity contribution < 1.29 is 24.2 Å². The first kappa shape index (κ1) is 19.3. The Morgan fingerprint density at radius 2 is 1.65 bits per heavy atom. The van der Waals surface area contributed by atoms with Crippen LogP contribution in [0.15, 0.2) is 48.5 Å². The van der Waals surface area contributed by atoms with Crippen molar-refractivity contribution in [3.05, 3.63) is 59.7 Å². The fourth-order valence-electron chi connectivity index (χ4n) is 2.48. The standard InChI is InChI=1S/C20H23NO5/c1-3-25-17-11-10-15(13-18(17)26-4-2)19(22)21-16(20(23)24)12-14-8-6-5-7-9-14/h5-11,13,16H,3-4,12H2,1-2H3,(H,21,22)(H,23,24). The van der Waals surface area contributed by atoms with Crippen molar-refractivity contribution in [2.75, 3.05) is 13.2 Å². The van der Waals surface area contributed by atoms with Gasteiger partial charge in [0.05, 0.1) is 13.2 Å². The van der Waals surface area contributed by atoms with E-state index in [-0.39, 0.29) is 6.42 Å². The summed E-state index contributed by atoms with van der Waals surface area (Å²) in [6.07, 6.45) is 0.206. The van der Waals surface area contributed by atoms with Gasteiger partial charge in [0.1, 0.15) is 6.04 Å². The number of carbonyl (C=O) groups excluding carboxylic acids is 1. The zero-order valence-electron chi connectivity index (χ0n) is 14.9. The number of hydrogen-bond donors (Lipinski definition) is 2. The number of hydrogen-bond acceptors (Lipinski definition) is 4. The molecule has 1 atom stereocenters. The van der Waals surface area contributed by atoms with Crippen LogP contribution in [0.5, 0.6) is 11.5 Å². The van der Waals surface area contributed by atoms with Gasteiger partial charge in [-0.25, -0.2) is 4.79 Å². The maximum Gasteiger partial charge on any atom is 0.326 e. The zero-order valence-corrected chi connectivity index (χ0v) is 14.9. The van der Waals surface area contributed by atoms with E-state index in [0.717, 1.165) is 5.56 Å². The second kappa shape index (κ2) is 9.46. The minimum atomic E-state index is -1.09. The first-order valence-corrected chi connectivity index (χ1v) is 8.52. The Hall–Kier alpha value is -3.02. The third-order valence-corrected chi connectivity index (χ3v) is 3.69. The average Bonchev–Trinajstić information content (AvgIpc) is 2.63. The summed E-state index contributed by atoms with van der Waals surface area (Å²) in [5, 5.41) is 12.0. The minimum Gasteiger partial charge on any atom is -0.490 e. The fraction of sp³-hybridized carbons (Fsp3) is 0.300. The van der Waals surface area contributed by atoms with Gasteiger partial charge in [-0.15, -0.1) is 0 Å². The molecule has 2 N–H and O–H groups in total. The molecule has 0 aliphatic carbocycles. The summed E-state index contributed by atoms with van der Waals surface area (Å²) in [6, 6.07) is 12.9. The van der Waals surface area contributed by atoms with Gasteiger partial charge in [-0.2, -0.15) is 0 Å². The van der Waals surface area contributed by atoms with Crippen molar-refractivity contribution >= 4 is 11.9 Å². The molecule has 0 fully saturated rings. The van der Waals surface area contributed by atoms with Crippen LogP contribution >= 0.6 is 0 Å². The van der Waals surface area contributed by atoms with Crippen LogP contribution in [-0.4, -0.2) is 36.2 Å². The van der Waals surface area contributed by atoms with Gasteiger partial charge in [-0.1, -0.05) is 30.3 Å². The maximum absolute atomic E-state index is 12.5. The van der Waals surface area contributed by atoms with E-state index in [9.17, 15) is 14.7 Å². The highest BCUT2D eigenvalue weighted by Crippen LogP contribution is 2.28. The van der Waals surface area contributed by atoms with Crippen LogP contribution < -0.4 is 14.8 Å². The normalized spacial score (nSPS) is 11.5. The van der Waals surface area contributed by atoms with Crippen molar-refractivity contribution in [2.24, 2.45) is 0 Å². The zero-order chi connectivity index (χ0) is 18.9. The third kappa shape index (κ3) is 5.24. The van der Waals surface area contributed by atoms with Crippen LogP contribution in [0, 0.1) is 0 Å². The van der Waals surface area contributed by atoms with Gasteiger partial charge < -0.3 is 19.9 Å². The second-order valence-corrected chi connectivity index (χ2v) is 5.58. The van der Waals surface area contributed by atoms with Gasteiger partial charge in [0.15, 0.2) is 11.5 Å². The van der Waals surface area contributed by atoms with E-state index in [0.29, 0.717) is 30.3 Å². The number of rotatable bonds is 9. The minimum absolute atomic E-state index is 0.206. The Morgan fingerprint density at radius 3 is 2.27 bits per heavy atom. The second-order valence-electron chi connectivity index (χ2n) is 5.58. The molecule has 26 heavy (non-hydrogen) atoms. The SMILES string of the molecule is CCOc1ccc(C(=O)NC(Cc2ccccc2)C(=O)O)cc1OCC. The molecule has 6 heteroatoms. The number of carboxylic acid groups (broad SMARTS) is 1. The quantitative estimate of drug-likeness (QED) is 0.721. The Kier molecular flexibility index (Phi) is 7.02. The third-order valence-electron chi connectivity index (χ3n) is 3.69. The van der Waals surface area contributed by atoms with E-state index >= 15 is 0 Å². The lowest BCUT2D eigenvalue weighted by atomic mass is 10.1. The predicted molar refractivity (Wildman–Crippen MR) is 97.8 cm³/mol. The van der Waals surface area contributed by atoms with Gasteiger partial charge in [0, 0.05) is 12.0 Å². The molecule has 2 aromatic rings. The first-order chi connectivity index (χ1) is 12.5. The van der Waals surface area contributed by atoms with Gasteiger partial charge in [0.2, 0.25) is 0 Å². The molecule has 0 bridgehead atoms. The largest absolute Gasteiger partial charge is 0.490 e. The molecule has 0 radical (unpaired) electrons. The molecular weight excluding hydrogens is 334 g/mol. The van der Waals surface area contributed by atoms with Crippen molar-refractivity contribution in [3.8, 4) is 11.5 Å². The van der Waals surface area contributed by atoms with Gasteiger partial charge in [-0.05, 0) is 37.6 Å². The fourth-order valence-corrected chi connectivity index (χ4v) is 2.48. The van der Waals surface area contributed by atoms with Crippen LogP contribution in [0.2, 0.25) is 0 Å². The molecular formula is C20H23NO5. The highest BCUT2D eigenvalue weighted by molar-refractivity contribution is 5.97. The molecule has 0 aliphatic heterocycles. The molecule has 2 aromatic carbocycles. The monoisotopic (exact) mass is 357 g/mol. The molecule has 0 saturated heterocycles. The van der Waals surface area contributed by atoms with Crippen molar-refractivity contribution in [1.29, 1.82) is 0 Å². The smallest absolute Gasteiger partial charge is 0.326 e. The summed E-state index contributed by atoms with van der Waals surface area (Å²) >= 11 is 0. The molecule has 0 spiro atoms. The summed E-state index contributed by atoms with van der Waals surface area (Å²) in [6.45, 7) is 4.60. The van der Waals surface area contributed by atoms with Gasteiger partial charge in [-0.3, -0.25) is 4.79 Å². The van der Waals surface area contributed by atoms with Crippen LogP contribution in [0.1, 0.15) is 29.8 Å². The van der Waals surface area contributed by atoms with E-state index in [2.05, 4.69) is 5.32 Å². The van der Waals surface area contributed by atoms with Crippen molar-refractivity contribution in [1.82, 2.24) is 5.32 Å². The Bertz CT molecular complexity index is 745. The van der Waals surface area contributed by atoms with E-state index in [1.54, 1.807) is 18.2 Å².